The molecule has 0 bridgehead atoms. The Kier molecular flexibility index (Phi) is 13.0. The van der Waals surface area contributed by atoms with E-state index in [2.05, 4.69) is 34.4 Å². The van der Waals surface area contributed by atoms with E-state index in [9.17, 15) is 0 Å². The van der Waals surface area contributed by atoms with E-state index in [0.29, 0.717) is 6.61 Å². The zero-order valence-electron chi connectivity index (χ0n) is 18.4. The molecule has 8 heteroatoms. The summed E-state index contributed by atoms with van der Waals surface area (Å²) in [6.45, 7) is 12.1. The molecule has 1 heterocycles. The van der Waals surface area contributed by atoms with Crippen LogP contribution in [-0.4, -0.2) is 82.3 Å². The number of halogens is 1. The van der Waals surface area contributed by atoms with Crippen molar-refractivity contribution in [2.75, 3.05) is 71.9 Å². The number of hydrogen-bond acceptors (Lipinski definition) is 5. The second-order valence-corrected chi connectivity index (χ2v) is 7.04. The second kappa shape index (κ2) is 14.7. The zero-order chi connectivity index (χ0) is 20.2. The van der Waals surface area contributed by atoms with Crippen LogP contribution in [0.5, 0.6) is 11.5 Å². The number of hydrogen-bond donors (Lipinski definition) is 2. The van der Waals surface area contributed by atoms with Crippen LogP contribution in [0.25, 0.3) is 0 Å². The molecule has 0 saturated carbocycles. The molecule has 0 radical (unpaired) electrons. The molecule has 7 nitrogen and oxygen atoms in total. The van der Waals surface area contributed by atoms with Gasteiger partial charge in [0.2, 0.25) is 0 Å². The van der Waals surface area contributed by atoms with Gasteiger partial charge in [0.05, 0.1) is 13.7 Å². The Morgan fingerprint density at radius 3 is 2.69 bits per heavy atom. The quantitative estimate of drug-likeness (QED) is 0.226. The number of benzene rings is 1. The molecular weight excluding hydrogens is 481 g/mol. The van der Waals surface area contributed by atoms with Gasteiger partial charge in [-0.25, -0.2) is 0 Å². The van der Waals surface area contributed by atoms with E-state index >= 15 is 0 Å². The summed E-state index contributed by atoms with van der Waals surface area (Å²) < 4.78 is 11.0. The van der Waals surface area contributed by atoms with Crippen LogP contribution >= 0.6 is 24.0 Å². The van der Waals surface area contributed by atoms with Gasteiger partial charge in [0.25, 0.3) is 0 Å². The molecule has 0 atom stereocenters. The molecule has 1 aliphatic heterocycles. The van der Waals surface area contributed by atoms with E-state index in [-0.39, 0.29) is 24.0 Å². The van der Waals surface area contributed by atoms with Crippen molar-refractivity contribution in [3.8, 4) is 11.5 Å². The number of anilines is 1. The van der Waals surface area contributed by atoms with Gasteiger partial charge in [-0.15, -0.1) is 24.0 Å². The Morgan fingerprint density at radius 2 is 1.97 bits per heavy atom. The van der Waals surface area contributed by atoms with Crippen molar-refractivity contribution in [3.63, 3.8) is 0 Å². The highest BCUT2D eigenvalue weighted by Crippen LogP contribution is 2.30. The Hall–Kier alpha value is -1.26. The first-order chi connectivity index (χ1) is 13.7. The lowest BCUT2D eigenvalue weighted by molar-refractivity contribution is 0.275. The summed E-state index contributed by atoms with van der Waals surface area (Å²) in [5.74, 6) is 2.26. The van der Waals surface area contributed by atoms with Crippen LogP contribution in [0.15, 0.2) is 23.2 Å². The third-order valence-corrected chi connectivity index (χ3v) is 4.78. The first kappa shape index (κ1) is 25.8. The molecule has 0 aliphatic carbocycles. The predicted molar refractivity (Wildman–Crippen MR) is 132 cm³/mol. The maximum absolute atomic E-state index is 5.66. The Balaban J connectivity index is 0.00000420. The molecule has 0 spiro atoms. The summed E-state index contributed by atoms with van der Waals surface area (Å²) in [5.41, 5.74) is 0.930. The topological polar surface area (TPSA) is 61.4 Å². The van der Waals surface area contributed by atoms with E-state index in [1.54, 1.807) is 7.11 Å². The van der Waals surface area contributed by atoms with Gasteiger partial charge in [-0.2, -0.15) is 0 Å². The molecule has 1 saturated heterocycles. The van der Waals surface area contributed by atoms with Gasteiger partial charge in [0.15, 0.2) is 17.5 Å². The van der Waals surface area contributed by atoms with Gasteiger partial charge in [-0.3, -0.25) is 4.99 Å². The third kappa shape index (κ3) is 9.39. The number of ether oxygens (including phenoxy) is 2. The molecule has 1 fully saturated rings. The maximum Gasteiger partial charge on any atom is 0.195 e. The van der Waals surface area contributed by atoms with Crippen molar-refractivity contribution in [1.82, 2.24) is 15.1 Å². The summed E-state index contributed by atoms with van der Waals surface area (Å²) >= 11 is 0. The molecule has 1 aromatic carbocycles. The van der Waals surface area contributed by atoms with E-state index < -0.39 is 0 Å². The SMILES string of the molecule is CCNC(=NCCCN1CCCN(C)CC1)Nc1ccc(OC)c(OCC)c1.I. The average molecular weight is 519 g/mol. The van der Waals surface area contributed by atoms with Crippen molar-refractivity contribution < 1.29 is 9.47 Å². The second-order valence-electron chi connectivity index (χ2n) is 7.04. The minimum absolute atomic E-state index is 0. The fourth-order valence-electron chi connectivity index (χ4n) is 3.28. The van der Waals surface area contributed by atoms with Crippen molar-refractivity contribution in [3.05, 3.63) is 18.2 Å². The lowest BCUT2D eigenvalue weighted by Gasteiger charge is -2.19. The smallest absolute Gasteiger partial charge is 0.195 e. The van der Waals surface area contributed by atoms with Gasteiger partial charge < -0.3 is 29.9 Å². The third-order valence-electron chi connectivity index (χ3n) is 4.78. The van der Waals surface area contributed by atoms with E-state index in [1.807, 2.05) is 25.1 Å². The number of nitrogens with zero attached hydrogens (tertiary/aromatic N) is 3. The number of aliphatic imine (C=N–C) groups is 1. The van der Waals surface area contributed by atoms with Crippen molar-refractivity contribution in [1.29, 1.82) is 0 Å². The fraction of sp³-hybridized carbons (Fsp3) is 0.667. The number of guanidine groups is 1. The molecule has 1 aliphatic rings. The molecule has 2 rings (SSSR count). The highest BCUT2D eigenvalue weighted by molar-refractivity contribution is 14.0. The van der Waals surface area contributed by atoms with E-state index in [1.165, 1.54) is 19.5 Å². The Morgan fingerprint density at radius 1 is 1.14 bits per heavy atom. The summed E-state index contributed by atoms with van der Waals surface area (Å²) in [4.78, 5) is 9.70. The number of nitrogens with one attached hydrogen (secondary N) is 2. The molecule has 1 aromatic rings. The molecule has 166 valence electrons. The first-order valence-electron chi connectivity index (χ1n) is 10.4. The molecule has 29 heavy (non-hydrogen) atoms. The van der Waals surface area contributed by atoms with Crippen LogP contribution < -0.4 is 20.1 Å². The first-order valence-corrected chi connectivity index (χ1v) is 10.4. The van der Waals surface area contributed by atoms with Crippen LogP contribution in [0, 0.1) is 0 Å². The summed E-state index contributed by atoms with van der Waals surface area (Å²) in [7, 11) is 3.86. The lowest BCUT2D eigenvalue weighted by atomic mass is 10.2. The summed E-state index contributed by atoms with van der Waals surface area (Å²) in [5, 5.41) is 6.68. The van der Waals surface area contributed by atoms with Gasteiger partial charge in [-0.05, 0) is 65.5 Å². The normalized spacial score (nSPS) is 15.9. The van der Waals surface area contributed by atoms with Gasteiger partial charge in [0.1, 0.15) is 0 Å². The number of methoxy groups -OCH3 is 1. The predicted octanol–water partition coefficient (Wildman–Crippen LogP) is 3.12. The molecule has 0 unspecified atom stereocenters. The van der Waals surface area contributed by atoms with Crippen LogP contribution in [0.3, 0.4) is 0 Å². The largest absolute Gasteiger partial charge is 0.493 e. The molecule has 0 aromatic heterocycles. The van der Waals surface area contributed by atoms with Crippen molar-refractivity contribution >= 4 is 35.6 Å². The molecule has 2 N–H and O–H groups in total. The average Bonchev–Trinajstić information content (AvgIpc) is 2.90. The minimum Gasteiger partial charge on any atom is -0.493 e. The standard InChI is InChI=1S/C21H37N5O2.HI/c1-5-22-21(23-11-7-13-26-14-8-12-25(3)15-16-26)24-18-9-10-19(27-4)20(17-18)28-6-2;/h9-10,17H,5-8,11-16H2,1-4H3,(H2,22,23,24);1H. The van der Waals surface area contributed by atoms with Crippen LogP contribution in [0.4, 0.5) is 5.69 Å². The van der Waals surface area contributed by atoms with Crippen molar-refractivity contribution in [2.45, 2.75) is 26.7 Å². The van der Waals surface area contributed by atoms with Gasteiger partial charge >= 0.3 is 0 Å². The summed E-state index contributed by atoms with van der Waals surface area (Å²) in [6, 6.07) is 5.83. The number of likely N-dealkylation sites (N-methyl/N-ethyl adjacent to an activating group) is 1. The maximum atomic E-state index is 5.66. The van der Waals surface area contributed by atoms with Crippen LogP contribution in [-0.2, 0) is 0 Å². The lowest BCUT2D eigenvalue weighted by Crippen LogP contribution is -2.32. The zero-order valence-corrected chi connectivity index (χ0v) is 20.7. The molecular formula is C21H38IN5O2. The van der Waals surface area contributed by atoms with Crippen LogP contribution in [0.2, 0.25) is 0 Å². The fourth-order valence-corrected chi connectivity index (χ4v) is 3.28. The van der Waals surface area contributed by atoms with E-state index in [0.717, 1.165) is 62.3 Å². The minimum atomic E-state index is 0. The highest BCUT2D eigenvalue weighted by Gasteiger charge is 2.11. The summed E-state index contributed by atoms with van der Waals surface area (Å²) in [6.07, 6.45) is 2.32. The van der Waals surface area contributed by atoms with Gasteiger partial charge in [0, 0.05) is 37.9 Å². The Bertz CT molecular complexity index is 615. The van der Waals surface area contributed by atoms with Crippen LogP contribution in [0.1, 0.15) is 26.7 Å². The monoisotopic (exact) mass is 519 g/mol. The number of rotatable bonds is 9. The van der Waals surface area contributed by atoms with Crippen molar-refractivity contribution in [2.24, 2.45) is 4.99 Å². The van der Waals surface area contributed by atoms with Gasteiger partial charge in [-0.1, -0.05) is 0 Å². The Labute approximate surface area is 193 Å². The van der Waals surface area contributed by atoms with E-state index in [4.69, 9.17) is 14.5 Å². The highest BCUT2D eigenvalue weighted by atomic mass is 127. The molecule has 0 amide bonds.